The molecule has 5 nitrogen and oxygen atoms in total. The number of benzene rings is 2. The minimum Gasteiger partial charge on any atom is -0.394 e. The molecule has 0 unspecified atom stereocenters. The van der Waals surface area contributed by atoms with Gasteiger partial charge in [-0.25, -0.2) is 4.39 Å². The fraction of sp³-hybridized carbons (Fsp3) is 0.300. The van der Waals surface area contributed by atoms with Gasteiger partial charge in [0.25, 0.3) is 5.91 Å². The third-order valence-corrected chi connectivity index (χ3v) is 5.39. The van der Waals surface area contributed by atoms with Crippen LogP contribution in [0.1, 0.15) is 28.8 Å². The number of amides is 2. The first-order chi connectivity index (χ1) is 12.5. The molecule has 0 saturated carbocycles. The zero-order valence-electron chi connectivity index (χ0n) is 14.3. The van der Waals surface area contributed by atoms with Gasteiger partial charge in [0, 0.05) is 30.6 Å². The molecule has 3 atom stereocenters. The summed E-state index contributed by atoms with van der Waals surface area (Å²) in [6.45, 7) is 1.73. The van der Waals surface area contributed by atoms with E-state index in [9.17, 15) is 19.1 Å². The lowest BCUT2D eigenvalue weighted by atomic mass is 9.71. The second-order valence-electron chi connectivity index (χ2n) is 6.75. The number of carbonyl (C=O) groups is 2. The van der Waals surface area contributed by atoms with E-state index in [1.807, 2.05) is 24.3 Å². The van der Waals surface area contributed by atoms with Crippen LogP contribution in [-0.2, 0) is 4.79 Å². The van der Waals surface area contributed by atoms with Gasteiger partial charge in [0.05, 0.1) is 18.7 Å². The molecule has 1 fully saturated rings. The SMILES string of the molecule is CC(=O)N1C[C@H]2[C@@H](c3ccccc31)[C@H](CO)N2C(=O)c1ccc(F)cc1. The van der Waals surface area contributed by atoms with Crippen LogP contribution in [0.2, 0.25) is 0 Å². The average Bonchev–Trinajstić information content (AvgIpc) is 2.62. The Bertz CT molecular complexity index is 868. The molecule has 0 spiro atoms. The number of anilines is 1. The molecule has 0 bridgehead atoms. The maximum Gasteiger partial charge on any atom is 0.254 e. The van der Waals surface area contributed by atoms with Crippen molar-refractivity contribution >= 4 is 17.5 Å². The first kappa shape index (κ1) is 16.7. The van der Waals surface area contributed by atoms with Gasteiger partial charge in [-0.15, -0.1) is 0 Å². The Labute approximate surface area is 150 Å². The van der Waals surface area contributed by atoms with E-state index in [4.69, 9.17) is 0 Å². The molecule has 2 aliphatic heterocycles. The van der Waals surface area contributed by atoms with Gasteiger partial charge < -0.3 is 14.9 Å². The van der Waals surface area contributed by atoms with Crippen molar-refractivity contribution in [2.45, 2.75) is 24.9 Å². The van der Waals surface area contributed by atoms with E-state index in [2.05, 4.69) is 0 Å². The number of hydrogen-bond donors (Lipinski definition) is 1. The number of halogens is 1. The monoisotopic (exact) mass is 354 g/mol. The molecule has 4 rings (SSSR count). The van der Waals surface area contributed by atoms with Gasteiger partial charge in [0.2, 0.25) is 5.91 Å². The summed E-state index contributed by atoms with van der Waals surface area (Å²) in [5, 5.41) is 9.90. The van der Waals surface area contributed by atoms with Gasteiger partial charge >= 0.3 is 0 Å². The van der Waals surface area contributed by atoms with Crippen molar-refractivity contribution in [1.29, 1.82) is 0 Å². The van der Waals surface area contributed by atoms with Crippen LogP contribution in [0.4, 0.5) is 10.1 Å². The van der Waals surface area contributed by atoms with Crippen LogP contribution >= 0.6 is 0 Å². The maximum absolute atomic E-state index is 13.2. The van der Waals surface area contributed by atoms with Gasteiger partial charge in [0.1, 0.15) is 5.82 Å². The standard InChI is InChI=1S/C20H19FN2O3/c1-12(25)22-10-17-19(15-4-2-3-5-16(15)22)18(11-24)23(17)20(26)13-6-8-14(21)9-7-13/h2-9,17-19,24H,10-11H2,1H3/t17-,18-,19+/m0/s1. The van der Waals surface area contributed by atoms with Crippen LogP contribution in [0.15, 0.2) is 48.5 Å². The van der Waals surface area contributed by atoms with Crippen LogP contribution < -0.4 is 4.90 Å². The largest absolute Gasteiger partial charge is 0.394 e. The fourth-order valence-corrected chi connectivity index (χ4v) is 4.21. The van der Waals surface area contributed by atoms with Crippen molar-refractivity contribution in [2.75, 3.05) is 18.1 Å². The summed E-state index contributed by atoms with van der Waals surface area (Å²) in [7, 11) is 0. The lowest BCUT2D eigenvalue weighted by molar-refractivity contribution is -0.117. The van der Waals surface area contributed by atoms with Crippen molar-refractivity contribution in [1.82, 2.24) is 4.90 Å². The van der Waals surface area contributed by atoms with Crippen LogP contribution in [0.25, 0.3) is 0 Å². The molecular formula is C20H19FN2O3. The van der Waals surface area contributed by atoms with Gasteiger partial charge in [0.15, 0.2) is 0 Å². The number of aliphatic hydroxyl groups excluding tert-OH is 1. The lowest BCUT2D eigenvalue weighted by Crippen LogP contribution is -2.70. The number of para-hydroxylation sites is 1. The highest BCUT2D eigenvalue weighted by Crippen LogP contribution is 2.48. The Morgan fingerprint density at radius 2 is 1.85 bits per heavy atom. The normalized spacial score (nSPS) is 23.7. The molecule has 0 aliphatic carbocycles. The maximum atomic E-state index is 13.2. The van der Waals surface area contributed by atoms with E-state index < -0.39 is 5.82 Å². The number of fused-ring (bicyclic) bond motifs is 3. The first-order valence-corrected chi connectivity index (χ1v) is 8.59. The first-order valence-electron chi connectivity index (χ1n) is 8.59. The number of rotatable bonds is 2. The lowest BCUT2D eigenvalue weighted by Gasteiger charge is -2.58. The predicted octanol–water partition coefficient (Wildman–Crippen LogP) is 2.16. The minimum atomic E-state index is -0.406. The van der Waals surface area contributed by atoms with E-state index in [-0.39, 0.29) is 36.4 Å². The van der Waals surface area contributed by atoms with E-state index in [0.29, 0.717) is 12.1 Å². The molecule has 1 N–H and O–H groups in total. The Morgan fingerprint density at radius 3 is 2.50 bits per heavy atom. The van der Waals surface area contributed by atoms with Crippen molar-refractivity contribution in [3.63, 3.8) is 0 Å². The number of hydrogen-bond acceptors (Lipinski definition) is 3. The molecular weight excluding hydrogens is 335 g/mol. The molecule has 2 aromatic rings. The van der Waals surface area contributed by atoms with Gasteiger partial charge in [-0.05, 0) is 35.9 Å². The molecule has 26 heavy (non-hydrogen) atoms. The van der Waals surface area contributed by atoms with Gasteiger partial charge in [-0.3, -0.25) is 9.59 Å². The summed E-state index contributed by atoms with van der Waals surface area (Å²) in [4.78, 5) is 28.3. The quantitative estimate of drug-likeness (QED) is 0.899. The molecule has 1 saturated heterocycles. The van der Waals surface area contributed by atoms with E-state index in [1.54, 1.807) is 9.80 Å². The molecule has 0 aromatic heterocycles. The van der Waals surface area contributed by atoms with Crippen LogP contribution in [-0.4, -0.2) is 47.1 Å². The van der Waals surface area contributed by atoms with E-state index in [0.717, 1.165) is 11.3 Å². The highest BCUT2D eigenvalue weighted by Gasteiger charge is 2.55. The summed E-state index contributed by atoms with van der Waals surface area (Å²) in [5.41, 5.74) is 2.19. The Kier molecular flexibility index (Phi) is 4.00. The van der Waals surface area contributed by atoms with Crippen LogP contribution in [0, 0.1) is 5.82 Å². The van der Waals surface area contributed by atoms with Crippen molar-refractivity contribution < 1.29 is 19.1 Å². The summed E-state index contributed by atoms with van der Waals surface area (Å²) >= 11 is 0. The number of carbonyl (C=O) groups excluding carboxylic acids is 2. The number of likely N-dealkylation sites (tertiary alicyclic amines) is 1. The third kappa shape index (κ3) is 2.41. The summed E-state index contributed by atoms with van der Waals surface area (Å²) in [6.07, 6.45) is 0. The Hall–Kier alpha value is -2.73. The minimum absolute atomic E-state index is 0.0174. The van der Waals surface area contributed by atoms with Crippen LogP contribution in [0.5, 0.6) is 0 Å². The summed E-state index contributed by atoms with van der Waals surface area (Å²) < 4.78 is 13.2. The van der Waals surface area contributed by atoms with Crippen molar-refractivity contribution in [3.8, 4) is 0 Å². The second-order valence-corrected chi connectivity index (χ2v) is 6.75. The summed E-state index contributed by atoms with van der Waals surface area (Å²) in [6, 6.07) is 12.4. The molecule has 2 amide bonds. The molecule has 134 valence electrons. The second kappa shape index (κ2) is 6.21. The van der Waals surface area contributed by atoms with Crippen molar-refractivity contribution in [2.24, 2.45) is 0 Å². The smallest absolute Gasteiger partial charge is 0.254 e. The van der Waals surface area contributed by atoms with Crippen LogP contribution in [0.3, 0.4) is 0 Å². The Morgan fingerprint density at radius 1 is 1.15 bits per heavy atom. The molecule has 2 aliphatic rings. The topological polar surface area (TPSA) is 60.9 Å². The number of nitrogens with zero attached hydrogens (tertiary/aromatic N) is 2. The highest BCUT2D eigenvalue weighted by molar-refractivity contribution is 5.97. The summed E-state index contributed by atoms with van der Waals surface area (Å²) in [5.74, 6) is -0.766. The molecule has 6 heteroatoms. The van der Waals surface area contributed by atoms with Gasteiger partial charge in [-0.2, -0.15) is 0 Å². The Balaban J connectivity index is 1.71. The van der Waals surface area contributed by atoms with Gasteiger partial charge in [-0.1, -0.05) is 18.2 Å². The highest BCUT2D eigenvalue weighted by atomic mass is 19.1. The average molecular weight is 354 g/mol. The molecule has 0 radical (unpaired) electrons. The number of aliphatic hydroxyl groups is 1. The zero-order chi connectivity index (χ0) is 18.4. The predicted molar refractivity (Wildman–Crippen MR) is 94.4 cm³/mol. The van der Waals surface area contributed by atoms with E-state index in [1.165, 1.54) is 31.2 Å². The zero-order valence-corrected chi connectivity index (χ0v) is 14.3. The van der Waals surface area contributed by atoms with E-state index >= 15 is 0 Å². The molecule has 2 heterocycles. The fourth-order valence-electron chi connectivity index (χ4n) is 4.21. The van der Waals surface area contributed by atoms with Crippen molar-refractivity contribution in [3.05, 3.63) is 65.5 Å². The third-order valence-electron chi connectivity index (χ3n) is 5.39. The molecule has 2 aromatic carbocycles.